The van der Waals surface area contributed by atoms with Gasteiger partial charge in [-0.2, -0.15) is 0 Å². The average molecular weight is 227 g/mol. The number of nitrogens with zero attached hydrogens (tertiary/aromatic N) is 2. The van der Waals surface area contributed by atoms with Gasteiger partial charge < -0.3 is 10.5 Å². The first-order valence-electron chi connectivity index (χ1n) is 5.62. The van der Waals surface area contributed by atoms with Crippen molar-refractivity contribution in [2.75, 3.05) is 12.3 Å². The van der Waals surface area contributed by atoms with Crippen LogP contribution in [0.3, 0.4) is 0 Å². The molecule has 2 N–H and O–H groups in total. The molecule has 0 spiro atoms. The van der Waals surface area contributed by atoms with E-state index in [9.17, 15) is 0 Å². The minimum atomic E-state index is 0.188. The molecule has 17 heavy (non-hydrogen) atoms. The van der Waals surface area contributed by atoms with E-state index in [4.69, 9.17) is 10.5 Å². The summed E-state index contributed by atoms with van der Waals surface area (Å²) in [4.78, 5) is 8.52. The van der Waals surface area contributed by atoms with E-state index >= 15 is 0 Å². The van der Waals surface area contributed by atoms with Crippen LogP contribution in [-0.4, -0.2) is 16.6 Å². The summed E-state index contributed by atoms with van der Waals surface area (Å²) in [7, 11) is 0. The zero-order valence-electron chi connectivity index (χ0n) is 9.34. The molecular weight excluding hydrogens is 214 g/mol. The predicted octanol–water partition coefficient (Wildman–Crippen LogP) is 1.78. The highest BCUT2D eigenvalue weighted by Gasteiger charge is 2.23. The molecule has 1 aromatic heterocycles. The van der Waals surface area contributed by atoms with Crippen molar-refractivity contribution in [3.05, 3.63) is 47.9 Å². The van der Waals surface area contributed by atoms with Crippen LogP contribution in [0.25, 0.3) is 0 Å². The van der Waals surface area contributed by atoms with Crippen molar-refractivity contribution in [1.82, 2.24) is 9.97 Å². The highest BCUT2D eigenvalue weighted by molar-refractivity contribution is 5.37. The van der Waals surface area contributed by atoms with Crippen LogP contribution in [0.5, 0.6) is 5.75 Å². The third-order valence-electron chi connectivity index (χ3n) is 2.94. The smallest absolute Gasteiger partial charge is 0.137 e. The van der Waals surface area contributed by atoms with Gasteiger partial charge in [-0.25, -0.2) is 9.97 Å². The standard InChI is InChI=1S/C13H13N3O/c14-12-5-6-15-13(16-12)10-7-9-3-1-2-4-11(9)17-8-10/h1-6,10H,7-8H2,(H2,14,15,16). The summed E-state index contributed by atoms with van der Waals surface area (Å²) in [6.45, 7) is 0.612. The number of aromatic nitrogens is 2. The molecule has 1 atom stereocenters. The lowest BCUT2D eigenvalue weighted by Crippen LogP contribution is -2.21. The molecule has 2 heterocycles. The lowest BCUT2D eigenvalue weighted by molar-refractivity contribution is 0.258. The molecular formula is C13H13N3O. The van der Waals surface area contributed by atoms with Gasteiger partial charge in [-0.1, -0.05) is 18.2 Å². The Kier molecular flexibility index (Phi) is 2.40. The molecule has 1 aliphatic rings. The Bertz CT molecular complexity index is 542. The molecule has 0 saturated heterocycles. The van der Waals surface area contributed by atoms with Crippen LogP contribution >= 0.6 is 0 Å². The maximum Gasteiger partial charge on any atom is 0.137 e. The van der Waals surface area contributed by atoms with E-state index in [1.54, 1.807) is 12.3 Å². The fourth-order valence-corrected chi connectivity index (χ4v) is 2.08. The number of rotatable bonds is 1. The molecule has 86 valence electrons. The third-order valence-corrected chi connectivity index (χ3v) is 2.94. The van der Waals surface area contributed by atoms with Gasteiger partial charge in [-0.05, 0) is 24.1 Å². The van der Waals surface area contributed by atoms with Crippen molar-refractivity contribution in [3.8, 4) is 5.75 Å². The van der Waals surface area contributed by atoms with Crippen molar-refractivity contribution < 1.29 is 4.74 Å². The summed E-state index contributed by atoms with van der Waals surface area (Å²) in [6, 6.07) is 9.77. The number of hydrogen-bond donors (Lipinski definition) is 1. The number of fused-ring (bicyclic) bond motifs is 1. The minimum absolute atomic E-state index is 0.188. The summed E-state index contributed by atoms with van der Waals surface area (Å²) < 4.78 is 5.71. The zero-order valence-corrected chi connectivity index (χ0v) is 9.34. The molecule has 0 radical (unpaired) electrons. The van der Waals surface area contributed by atoms with Gasteiger partial charge >= 0.3 is 0 Å². The van der Waals surface area contributed by atoms with Crippen LogP contribution in [0.15, 0.2) is 36.5 Å². The normalized spacial score (nSPS) is 18.2. The Labute approximate surface area is 99.5 Å². The fraction of sp³-hybridized carbons (Fsp3) is 0.231. The number of hydrogen-bond acceptors (Lipinski definition) is 4. The monoisotopic (exact) mass is 227 g/mol. The number of para-hydroxylation sites is 1. The molecule has 0 fully saturated rings. The summed E-state index contributed by atoms with van der Waals surface area (Å²) in [5, 5.41) is 0. The molecule has 1 unspecified atom stereocenters. The van der Waals surface area contributed by atoms with Crippen LogP contribution in [0, 0.1) is 0 Å². The van der Waals surface area contributed by atoms with Gasteiger partial charge in [-0.15, -0.1) is 0 Å². The molecule has 0 saturated carbocycles. The Hall–Kier alpha value is -2.10. The van der Waals surface area contributed by atoms with E-state index < -0.39 is 0 Å². The molecule has 1 aliphatic heterocycles. The Morgan fingerprint density at radius 3 is 3.00 bits per heavy atom. The lowest BCUT2D eigenvalue weighted by Gasteiger charge is -2.24. The van der Waals surface area contributed by atoms with Gasteiger partial charge in [0, 0.05) is 6.20 Å². The Balaban J connectivity index is 1.89. The van der Waals surface area contributed by atoms with Crippen LogP contribution in [0.1, 0.15) is 17.3 Å². The summed E-state index contributed by atoms with van der Waals surface area (Å²) >= 11 is 0. The van der Waals surface area contributed by atoms with Gasteiger partial charge in [0.1, 0.15) is 17.4 Å². The second kappa shape index (κ2) is 4.05. The first-order chi connectivity index (χ1) is 8.33. The molecule has 3 rings (SSSR count). The highest BCUT2D eigenvalue weighted by atomic mass is 16.5. The van der Waals surface area contributed by atoms with Crippen molar-refractivity contribution in [3.63, 3.8) is 0 Å². The maximum absolute atomic E-state index is 5.71. The molecule has 1 aromatic carbocycles. The number of nitrogens with two attached hydrogens (primary N) is 1. The second-order valence-corrected chi connectivity index (χ2v) is 4.16. The van der Waals surface area contributed by atoms with Gasteiger partial charge in [0.15, 0.2) is 0 Å². The molecule has 4 heteroatoms. The molecule has 0 bridgehead atoms. The van der Waals surface area contributed by atoms with Crippen LogP contribution in [-0.2, 0) is 6.42 Å². The van der Waals surface area contributed by atoms with E-state index in [1.807, 2.05) is 18.2 Å². The molecule has 0 aliphatic carbocycles. The second-order valence-electron chi connectivity index (χ2n) is 4.16. The van der Waals surface area contributed by atoms with E-state index in [0.29, 0.717) is 12.4 Å². The predicted molar refractivity (Wildman–Crippen MR) is 64.8 cm³/mol. The number of ether oxygens (including phenoxy) is 1. The topological polar surface area (TPSA) is 61.0 Å². The number of benzene rings is 1. The van der Waals surface area contributed by atoms with E-state index in [0.717, 1.165) is 18.0 Å². The largest absolute Gasteiger partial charge is 0.493 e. The molecule has 0 amide bonds. The highest BCUT2D eigenvalue weighted by Crippen LogP contribution is 2.30. The van der Waals surface area contributed by atoms with Crippen LogP contribution in [0.4, 0.5) is 5.82 Å². The third kappa shape index (κ3) is 1.93. The van der Waals surface area contributed by atoms with Crippen LogP contribution in [0.2, 0.25) is 0 Å². The number of nitrogen functional groups attached to an aromatic ring is 1. The van der Waals surface area contributed by atoms with Crippen molar-refractivity contribution in [2.24, 2.45) is 0 Å². The lowest BCUT2D eigenvalue weighted by atomic mass is 9.96. The molecule has 4 nitrogen and oxygen atoms in total. The quantitative estimate of drug-likeness (QED) is 0.806. The fourth-order valence-electron chi connectivity index (χ4n) is 2.08. The van der Waals surface area contributed by atoms with Crippen molar-refractivity contribution in [1.29, 1.82) is 0 Å². The van der Waals surface area contributed by atoms with Gasteiger partial charge in [0.2, 0.25) is 0 Å². The van der Waals surface area contributed by atoms with E-state index in [2.05, 4.69) is 16.0 Å². The number of anilines is 1. The van der Waals surface area contributed by atoms with Crippen LogP contribution < -0.4 is 10.5 Å². The van der Waals surface area contributed by atoms with E-state index in [-0.39, 0.29) is 5.92 Å². The first kappa shape index (κ1) is 10.1. The van der Waals surface area contributed by atoms with Gasteiger partial charge in [0.25, 0.3) is 0 Å². The van der Waals surface area contributed by atoms with Gasteiger partial charge in [0.05, 0.1) is 12.5 Å². The SMILES string of the molecule is Nc1ccnc(C2COc3ccccc3C2)n1. The van der Waals surface area contributed by atoms with Crippen molar-refractivity contribution >= 4 is 5.82 Å². The van der Waals surface area contributed by atoms with Gasteiger partial charge in [-0.3, -0.25) is 0 Å². The van der Waals surface area contributed by atoms with Crippen molar-refractivity contribution in [2.45, 2.75) is 12.3 Å². The molecule has 2 aromatic rings. The summed E-state index contributed by atoms with van der Waals surface area (Å²) in [5.41, 5.74) is 6.87. The summed E-state index contributed by atoms with van der Waals surface area (Å²) in [5.74, 6) is 2.43. The Morgan fingerprint density at radius 2 is 2.12 bits per heavy atom. The maximum atomic E-state index is 5.71. The summed E-state index contributed by atoms with van der Waals surface area (Å²) in [6.07, 6.45) is 2.60. The first-order valence-corrected chi connectivity index (χ1v) is 5.62. The van der Waals surface area contributed by atoms with E-state index in [1.165, 1.54) is 5.56 Å². The minimum Gasteiger partial charge on any atom is -0.493 e. The average Bonchev–Trinajstić information content (AvgIpc) is 2.38. The zero-order chi connectivity index (χ0) is 11.7. The Morgan fingerprint density at radius 1 is 1.24 bits per heavy atom.